The number of hydrogen-bond acceptors (Lipinski definition) is 5. The predicted octanol–water partition coefficient (Wildman–Crippen LogP) is 2.85. The summed E-state index contributed by atoms with van der Waals surface area (Å²) in [7, 11) is -2.39. The molecule has 1 N–H and O–H groups in total. The summed E-state index contributed by atoms with van der Waals surface area (Å²) in [5.74, 6) is -1.51. The van der Waals surface area contributed by atoms with Crippen molar-refractivity contribution >= 4 is 45.0 Å². The van der Waals surface area contributed by atoms with E-state index in [1.165, 1.54) is 47.8 Å². The van der Waals surface area contributed by atoms with Crippen molar-refractivity contribution in [3.63, 3.8) is 0 Å². The van der Waals surface area contributed by atoms with Crippen LogP contribution in [0.1, 0.15) is 44.9 Å². The van der Waals surface area contributed by atoms with Gasteiger partial charge in [-0.3, -0.25) is 19.3 Å². The van der Waals surface area contributed by atoms with Crippen LogP contribution in [0.3, 0.4) is 0 Å². The minimum atomic E-state index is -3.77. The van der Waals surface area contributed by atoms with Crippen molar-refractivity contribution in [2.75, 3.05) is 25.5 Å². The Balaban J connectivity index is 1.92. The summed E-state index contributed by atoms with van der Waals surface area (Å²) in [6.07, 6.45) is 0. The summed E-state index contributed by atoms with van der Waals surface area (Å²) in [5, 5.41) is 2.68. The molecule has 3 rings (SSSR count). The van der Waals surface area contributed by atoms with Crippen LogP contribution < -0.4 is 5.32 Å². The van der Waals surface area contributed by atoms with E-state index in [0.29, 0.717) is 13.1 Å². The molecule has 3 amide bonds. The van der Waals surface area contributed by atoms with Crippen molar-refractivity contribution < 1.29 is 22.8 Å². The molecule has 1 aliphatic heterocycles. The van der Waals surface area contributed by atoms with Gasteiger partial charge in [0, 0.05) is 25.8 Å². The summed E-state index contributed by atoms with van der Waals surface area (Å²) in [5.41, 5.74) is 0.697. The largest absolute Gasteiger partial charge is 0.322 e. The molecule has 0 atom stereocenters. The topological polar surface area (TPSA) is 104 Å². The number of carbonyl (C=O) groups excluding carboxylic acids is 3. The van der Waals surface area contributed by atoms with E-state index < -0.39 is 27.7 Å². The molecule has 30 heavy (non-hydrogen) atoms. The molecule has 8 nitrogen and oxygen atoms in total. The summed E-state index contributed by atoms with van der Waals surface area (Å²) < 4.78 is 26.8. The molecule has 10 heteroatoms. The first-order valence-corrected chi connectivity index (χ1v) is 11.0. The summed E-state index contributed by atoms with van der Waals surface area (Å²) in [6, 6.07) is 8.28. The van der Waals surface area contributed by atoms with Crippen molar-refractivity contribution in [3.8, 4) is 0 Å². The fraction of sp³-hybridized carbons (Fsp3) is 0.250. The second-order valence-electron chi connectivity index (χ2n) is 6.61. The normalized spacial score (nSPS) is 13.7. The number of imide groups is 1. The number of rotatable bonds is 6. The Morgan fingerprint density at radius 1 is 1.03 bits per heavy atom. The standard InChI is InChI=1S/C20H20ClN3O5S/c1-4-24(5-2)30(28,29)13-7-9-17(21)16(11-13)18(25)22-12-6-8-14-15(10-12)20(27)23(3)19(14)26/h6-11H,4-5H2,1-3H3,(H,22,25). The maximum atomic E-state index is 12.8. The van der Waals surface area contributed by atoms with Crippen molar-refractivity contribution in [1.82, 2.24) is 9.21 Å². The number of carbonyl (C=O) groups is 3. The van der Waals surface area contributed by atoms with E-state index in [0.717, 1.165) is 4.90 Å². The highest BCUT2D eigenvalue weighted by Gasteiger charge is 2.33. The first kappa shape index (κ1) is 21.9. The Morgan fingerprint density at radius 2 is 1.67 bits per heavy atom. The average molecular weight is 450 g/mol. The predicted molar refractivity (Wildman–Crippen MR) is 112 cm³/mol. The number of hydrogen-bond donors (Lipinski definition) is 1. The average Bonchev–Trinajstić information content (AvgIpc) is 2.92. The molecule has 0 bridgehead atoms. The third kappa shape index (κ3) is 3.71. The van der Waals surface area contributed by atoms with E-state index in [2.05, 4.69) is 5.32 Å². The summed E-state index contributed by atoms with van der Waals surface area (Å²) in [6.45, 7) is 4.03. The lowest BCUT2D eigenvalue weighted by atomic mass is 10.1. The zero-order valence-electron chi connectivity index (χ0n) is 16.6. The molecule has 0 aromatic heterocycles. The third-order valence-corrected chi connectivity index (χ3v) is 7.25. The Bertz CT molecular complexity index is 1160. The molecule has 0 saturated heterocycles. The maximum Gasteiger partial charge on any atom is 0.261 e. The first-order valence-electron chi connectivity index (χ1n) is 9.19. The minimum absolute atomic E-state index is 0.0232. The van der Waals surface area contributed by atoms with E-state index in [4.69, 9.17) is 11.6 Å². The molecule has 0 saturated carbocycles. The maximum absolute atomic E-state index is 12.8. The van der Waals surface area contributed by atoms with Gasteiger partial charge in [0.15, 0.2) is 0 Å². The molecule has 0 fully saturated rings. The SMILES string of the molecule is CCN(CC)S(=O)(=O)c1ccc(Cl)c(C(=O)Nc2ccc3c(c2)C(=O)N(C)C3=O)c1. The number of anilines is 1. The molecule has 1 heterocycles. The first-order chi connectivity index (χ1) is 14.1. The van der Waals surface area contributed by atoms with Crippen molar-refractivity contribution in [1.29, 1.82) is 0 Å². The second-order valence-corrected chi connectivity index (χ2v) is 8.96. The van der Waals surface area contributed by atoms with Crippen LogP contribution in [0.15, 0.2) is 41.3 Å². The monoisotopic (exact) mass is 449 g/mol. The Kier molecular flexibility index (Phi) is 5.98. The highest BCUT2D eigenvalue weighted by atomic mass is 35.5. The Labute approximate surface area is 179 Å². The Hall–Kier alpha value is -2.75. The number of nitrogens with one attached hydrogen (secondary N) is 1. The van der Waals surface area contributed by atoms with Crippen LogP contribution in [0.4, 0.5) is 5.69 Å². The summed E-state index contributed by atoms with van der Waals surface area (Å²) in [4.78, 5) is 37.8. The zero-order valence-corrected chi connectivity index (χ0v) is 18.2. The van der Waals surface area contributed by atoms with Crippen LogP contribution in [0.5, 0.6) is 0 Å². The van der Waals surface area contributed by atoms with Gasteiger partial charge in [-0.2, -0.15) is 4.31 Å². The van der Waals surface area contributed by atoms with E-state index >= 15 is 0 Å². The van der Waals surface area contributed by atoms with E-state index in [1.807, 2.05) is 0 Å². The number of benzene rings is 2. The van der Waals surface area contributed by atoms with E-state index in [9.17, 15) is 22.8 Å². The smallest absolute Gasteiger partial charge is 0.261 e. The molecule has 0 spiro atoms. The van der Waals surface area contributed by atoms with Gasteiger partial charge in [0.2, 0.25) is 10.0 Å². The van der Waals surface area contributed by atoms with Crippen molar-refractivity contribution in [3.05, 3.63) is 58.1 Å². The number of sulfonamides is 1. The number of amides is 3. The van der Waals surface area contributed by atoms with Gasteiger partial charge >= 0.3 is 0 Å². The molecule has 2 aromatic carbocycles. The van der Waals surface area contributed by atoms with E-state index in [-0.39, 0.29) is 32.3 Å². The molecule has 1 aliphatic rings. The zero-order chi connectivity index (χ0) is 22.2. The van der Waals surface area contributed by atoms with Crippen LogP contribution >= 0.6 is 11.6 Å². The van der Waals surface area contributed by atoms with Gasteiger partial charge in [0.1, 0.15) is 0 Å². The second kappa shape index (κ2) is 8.17. The number of nitrogens with zero attached hydrogens (tertiary/aromatic N) is 2. The lowest BCUT2D eigenvalue weighted by Crippen LogP contribution is -2.30. The van der Waals surface area contributed by atoms with Crippen molar-refractivity contribution in [2.45, 2.75) is 18.7 Å². The highest BCUT2D eigenvalue weighted by Crippen LogP contribution is 2.27. The van der Waals surface area contributed by atoms with Crippen LogP contribution in [-0.4, -0.2) is 55.5 Å². The molecule has 0 unspecified atom stereocenters. The molecule has 158 valence electrons. The molecule has 0 radical (unpaired) electrons. The third-order valence-electron chi connectivity index (χ3n) is 4.87. The van der Waals surface area contributed by atoms with Crippen LogP contribution in [0.25, 0.3) is 0 Å². The van der Waals surface area contributed by atoms with Gasteiger partial charge in [-0.15, -0.1) is 0 Å². The lowest BCUT2D eigenvalue weighted by Gasteiger charge is -2.19. The van der Waals surface area contributed by atoms with E-state index in [1.54, 1.807) is 13.8 Å². The molecular formula is C20H20ClN3O5S. The van der Waals surface area contributed by atoms with Gasteiger partial charge in [0.05, 0.1) is 26.6 Å². The van der Waals surface area contributed by atoms with Gasteiger partial charge in [-0.1, -0.05) is 25.4 Å². The Morgan fingerprint density at radius 3 is 2.30 bits per heavy atom. The fourth-order valence-corrected chi connectivity index (χ4v) is 4.88. The summed E-state index contributed by atoms with van der Waals surface area (Å²) >= 11 is 6.14. The van der Waals surface area contributed by atoms with Gasteiger partial charge in [0.25, 0.3) is 17.7 Å². The van der Waals surface area contributed by atoms with Gasteiger partial charge in [-0.25, -0.2) is 8.42 Å². The van der Waals surface area contributed by atoms with Crippen LogP contribution in [-0.2, 0) is 10.0 Å². The molecule has 0 aliphatic carbocycles. The number of fused-ring (bicyclic) bond motifs is 1. The van der Waals surface area contributed by atoms with Gasteiger partial charge in [-0.05, 0) is 36.4 Å². The lowest BCUT2D eigenvalue weighted by molar-refractivity contribution is 0.0692. The fourth-order valence-electron chi connectivity index (χ4n) is 3.19. The quantitative estimate of drug-likeness (QED) is 0.683. The molecule has 2 aromatic rings. The van der Waals surface area contributed by atoms with Gasteiger partial charge < -0.3 is 5.32 Å². The van der Waals surface area contributed by atoms with Crippen LogP contribution in [0, 0.1) is 0 Å². The van der Waals surface area contributed by atoms with Crippen molar-refractivity contribution in [2.24, 2.45) is 0 Å². The minimum Gasteiger partial charge on any atom is -0.322 e. The van der Waals surface area contributed by atoms with Crippen LogP contribution in [0.2, 0.25) is 5.02 Å². The highest BCUT2D eigenvalue weighted by molar-refractivity contribution is 7.89. The molecular weight excluding hydrogens is 430 g/mol. The number of halogens is 1.